The molecular weight excluding hydrogens is 304 g/mol. The number of rotatable bonds is 3. The SMILES string of the molecule is Cc1ccc(/C=N/NC(=O)c2nnn(/C(=N/O)C(=N)N)c2C)o1. The van der Waals surface area contributed by atoms with Gasteiger partial charge < -0.3 is 15.4 Å². The number of aryl methyl sites for hydroxylation is 1. The average molecular weight is 318 g/mol. The maximum atomic E-state index is 12.0. The molecule has 0 saturated carbocycles. The molecule has 0 atom stereocenters. The third-order valence-corrected chi connectivity index (χ3v) is 2.76. The van der Waals surface area contributed by atoms with Crippen molar-refractivity contribution in [1.29, 1.82) is 5.41 Å². The number of nitrogens with two attached hydrogens (primary N) is 1. The van der Waals surface area contributed by atoms with E-state index < -0.39 is 11.7 Å². The molecule has 2 heterocycles. The van der Waals surface area contributed by atoms with Gasteiger partial charge in [0.2, 0.25) is 5.84 Å². The number of furan rings is 1. The van der Waals surface area contributed by atoms with Gasteiger partial charge in [-0.05, 0) is 26.0 Å². The number of aromatic nitrogens is 3. The highest BCUT2D eigenvalue weighted by atomic mass is 16.4. The smallest absolute Gasteiger partial charge is 0.293 e. The van der Waals surface area contributed by atoms with E-state index in [-0.39, 0.29) is 17.2 Å². The molecule has 2 rings (SSSR count). The molecule has 0 radical (unpaired) electrons. The van der Waals surface area contributed by atoms with E-state index in [1.165, 1.54) is 13.1 Å². The van der Waals surface area contributed by atoms with E-state index in [1.54, 1.807) is 19.1 Å². The van der Waals surface area contributed by atoms with Crippen molar-refractivity contribution in [2.45, 2.75) is 13.8 Å². The van der Waals surface area contributed by atoms with Gasteiger partial charge in [-0.25, -0.2) is 5.43 Å². The van der Waals surface area contributed by atoms with Gasteiger partial charge in [0.15, 0.2) is 11.5 Å². The summed E-state index contributed by atoms with van der Waals surface area (Å²) in [5.41, 5.74) is 7.69. The lowest BCUT2D eigenvalue weighted by Gasteiger charge is -2.03. The molecule has 0 aliphatic rings. The van der Waals surface area contributed by atoms with Crippen LogP contribution in [0.25, 0.3) is 0 Å². The Kier molecular flexibility index (Phi) is 4.50. The molecule has 5 N–H and O–H groups in total. The van der Waals surface area contributed by atoms with Crippen molar-refractivity contribution >= 4 is 23.8 Å². The molecule has 120 valence electrons. The summed E-state index contributed by atoms with van der Waals surface area (Å²) in [5.74, 6) is -0.303. The summed E-state index contributed by atoms with van der Waals surface area (Å²) in [4.78, 5) is 12.0. The predicted molar refractivity (Wildman–Crippen MR) is 79.8 cm³/mol. The number of hydrazone groups is 1. The Morgan fingerprint density at radius 1 is 1.52 bits per heavy atom. The van der Waals surface area contributed by atoms with Crippen molar-refractivity contribution in [3.05, 3.63) is 35.0 Å². The van der Waals surface area contributed by atoms with Crippen LogP contribution in [0.5, 0.6) is 0 Å². The van der Waals surface area contributed by atoms with Crippen LogP contribution in [0.2, 0.25) is 0 Å². The normalized spacial score (nSPS) is 11.8. The molecule has 0 saturated heterocycles. The van der Waals surface area contributed by atoms with Crippen LogP contribution < -0.4 is 11.2 Å². The third-order valence-electron chi connectivity index (χ3n) is 2.76. The number of carbonyl (C=O) groups is 1. The molecule has 0 aliphatic heterocycles. The first-order valence-electron chi connectivity index (χ1n) is 6.33. The molecule has 0 aromatic carbocycles. The number of carbonyl (C=O) groups excluding carboxylic acids is 1. The minimum atomic E-state index is -0.630. The fourth-order valence-corrected chi connectivity index (χ4v) is 1.68. The van der Waals surface area contributed by atoms with Gasteiger partial charge in [-0.3, -0.25) is 10.2 Å². The second kappa shape index (κ2) is 6.51. The Bertz CT molecular complexity index is 801. The first kappa shape index (κ1) is 15.9. The summed E-state index contributed by atoms with van der Waals surface area (Å²) >= 11 is 0. The van der Waals surface area contributed by atoms with Crippen molar-refractivity contribution in [1.82, 2.24) is 20.4 Å². The van der Waals surface area contributed by atoms with Crippen LogP contribution in [0, 0.1) is 19.3 Å². The van der Waals surface area contributed by atoms with Gasteiger partial charge in [0.1, 0.15) is 11.5 Å². The predicted octanol–water partition coefficient (Wildman–Crippen LogP) is -0.176. The minimum Gasteiger partial charge on any atom is -0.460 e. The van der Waals surface area contributed by atoms with Crippen molar-refractivity contribution in [2.75, 3.05) is 0 Å². The number of nitrogens with zero attached hydrogens (tertiary/aromatic N) is 5. The largest absolute Gasteiger partial charge is 0.460 e. The number of nitrogens with one attached hydrogen (secondary N) is 2. The van der Waals surface area contributed by atoms with Crippen LogP contribution in [-0.2, 0) is 0 Å². The van der Waals surface area contributed by atoms with Crippen LogP contribution in [0.4, 0.5) is 0 Å². The number of hydrogen-bond donors (Lipinski definition) is 4. The zero-order chi connectivity index (χ0) is 17.0. The molecule has 11 heteroatoms. The Morgan fingerprint density at radius 3 is 2.83 bits per heavy atom. The standard InChI is InChI=1S/C12H14N8O3/c1-6-3-4-8(23-6)5-15-17-12(21)9-7(2)20(19-16-9)11(18-22)10(13)14/h3-5,22H,1-2H3,(H3,13,14)(H,17,21)/b15-5+,18-11+. The van der Waals surface area contributed by atoms with E-state index in [9.17, 15) is 4.79 Å². The number of amidine groups is 1. The van der Waals surface area contributed by atoms with Crippen molar-refractivity contribution in [3.63, 3.8) is 0 Å². The zero-order valence-electron chi connectivity index (χ0n) is 12.3. The van der Waals surface area contributed by atoms with Crippen LogP contribution in [0.3, 0.4) is 0 Å². The van der Waals surface area contributed by atoms with Crippen molar-refractivity contribution < 1.29 is 14.4 Å². The maximum Gasteiger partial charge on any atom is 0.293 e. The Labute approximate surface area is 130 Å². The second-order valence-corrected chi connectivity index (χ2v) is 4.42. The molecule has 1 amide bonds. The zero-order valence-corrected chi connectivity index (χ0v) is 12.3. The van der Waals surface area contributed by atoms with Gasteiger partial charge in [-0.15, -0.1) is 5.10 Å². The van der Waals surface area contributed by atoms with E-state index in [0.29, 0.717) is 5.76 Å². The molecular formula is C12H14N8O3. The first-order chi connectivity index (χ1) is 10.9. The molecule has 11 nitrogen and oxygen atoms in total. The highest BCUT2D eigenvalue weighted by Gasteiger charge is 2.20. The monoisotopic (exact) mass is 318 g/mol. The Hall–Kier alpha value is -3.50. The van der Waals surface area contributed by atoms with Gasteiger partial charge in [0.25, 0.3) is 5.91 Å². The van der Waals surface area contributed by atoms with Gasteiger partial charge >= 0.3 is 0 Å². The van der Waals surface area contributed by atoms with Gasteiger partial charge in [0, 0.05) is 0 Å². The van der Waals surface area contributed by atoms with Crippen LogP contribution in [0.15, 0.2) is 26.8 Å². The van der Waals surface area contributed by atoms with Crippen LogP contribution in [-0.4, -0.2) is 44.0 Å². The van der Waals surface area contributed by atoms with Crippen LogP contribution >= 0.6 is 0 Å². The Morgan fingerprint density at radius 2 is 2.26 bits per heavy atom. The van der Waals surface area contributed by atoms with Gasteiger partial charge in [0.05, 0.1) is 11.9 Å². The van der Waals surface area contributed by atoms with E-state index in [0.717, 1.165) is 10.4 Å². The summed E-state index contributed by atoms with van der Waals surface area (Å²) in [5, 5.41) is 30.0. The number of amides is 1. The number of hydrogen-bond acceptors (Lipinski definition) is 8. The summed E-state index contributed by atoms with van der Waals surface area (Å²) in [6.45, 7) is 3.29. The van der Waals surface area contributed by atoms with E-state index >= 15 is 0 Å². The Balaban J connectivity index is 2.13. The highest BCUT2D eigenvalue weighted by molar-refractivity contribution is 6.39. The molecule has 2 aromatic rings. The summed E-state index contributed by atoms with van der Waals surface area (Å²) < 4.78 is 6.23. The van der Waals surface area contributed by atoms with Crippen molar-refractivity contribution in [3.8, 4) is 0 Å². The molecule has 2 aromatic heterocycles. The highest BCUT2D eigenvalue weighted by Crippen LogP contribution is 2.05. The number of oxime groups is 1. The lowest BCUT2D eigenvalue weighted by Crippen LogP contribution is -2.31. The molecule has 0 bridgehead atoms. The molecule has 0 fully saturated rings. The average Bonchev–Trinajstić information content (AvgIpc) is 3.06. The van der Waals surface area contributed by atoms with E-state index in [4.69, 9.17) is 20.8 Å². The molecule has 0 aliphatic carbocycles. The minimum absolute atomic E-state index is 0.0554. The molecule has 0 spiro atoms. The topological polar surface area (TPSA) is 168 Å². The van der Waals surface area contributed by atoms with E-state index in [2.05, 4.69) is 26.0 Å². The third kappa shape index (κ3) is 3.40. The lowest BCUT2D eigenvalue weighted by atomic mass is 10.3. The lowest BCUT2D eigenvalue weighted by molar-refractivity contribution is 0.0949. The first-order valence-corrected chi connectivity index (χ1v) is 6.33. The fourth-order valence-electron chi connectivity index (χ4n) is 1.68. The summed E-state index contributed by atoms with van der Waals surface area (Å²) in [7, 11) is 0. The van der Waals surface area contributed by atoms with Gasteiger partial charge in [-0.1, -0.05) is 10.4 Å². The molecule has 0 unspecified atom stereocenters. The maximum absolute atomic E-state index is 12.0. The molecule has 23 heavy (non-hydrogen) atoms. The second-order valence-electron chi connectivity index (χ2n) is 4.42. The summed E-state index contributed by atoms with van der Waals surface area (Å²) in [6.07, 6.45) is 1.33. The van der Waals surface area contributed by atoms with E-state index in [1.807, 2.05) is 0 Å². The van der Waals surface area contributed by atoms with Gasteiger partial charge in [-0.2, -0.15) is 9.78 Å². The van der Waals surface area contributed by atoms with Crippen molar-refractivity contribution in [2.24, 2.45) is 16.0 Å². The van der Waals surface area contributed by atoms with Crippen LogP contribution in [0.1, 0.15) is 27.7 Å². The fraction of sp³-hybridized carbons (Fsp3) is 0.167. The quantitative estimate of drug-likeness (QED) is 0.265. The summed E-state index contributed by atoms with van der Waals surface area (Å²) in [6, 6.07) is 3.46.